The lowest BCUT2D eigenvalue weighted by Gasteiger charge is -2.14. The fourth-order valence-electron chi connectivity index (χ4n) is 3.31. The largest absolute Gasteiger partial charge is 0.462 e. The van der Waals surface area contributed by atoms with E-state index in [1.807, 2.05) is 0 Å². The number of ether oxygens (including phenoxy) is 1. The van der Waals surface area contributed by atoms with Crippen LogP contribution in [0.1, 0.15) is 40.9 Å². The van der Waals surface area contributed by atoms with Crippen LogP contribution in [0.3, 0.4) is 0 Å². The maximum atomic E-state index is 13.5. The highest BCUT2D eigenvalue weighted by atomic mass is 19.4. The number of fused-ring (bicyclic) bond motifs is 4. The van der Waals surface area contributed by atoms with Crippen molar-refractivity contribution in [1.29, 1.82) is 0 Å². The lowest BCUT2D eigenvalue weighted by atomic mass is 10.1. The van der Waals surface area contributed by atoms with Gasteiger partial charge in [-0.2, -0.15) is 41.3 Å². The summed E-state index contributed by atoms with van der Waals surface area (Å²) in [6.07, 6.45) is -7.78. The number of benzene rings is 1. The lowest BCUT2D eigenvalue weighted by molar-refractivity contribution is -0.141. The van der Waals surface area contributed by atoms with E-state index in [1.165, 1.54) is 6.07 Å². The number of nitrogens with one attached hydrogen (secondary N) is 2. The van der Waals surface area contributed by atoms with Gasteiger partial charge in [-0.05, 0) is 49.6 Å². The predicted molar refractivity (Wildman–Crippen MR) is 115 cm³/mol. The number of halogens is 6. The van der Waals surface area contributed by atoms with Gasteiger partial charge in [-0.1, -0.05) is 6.07 Å². The quantitative estimate of drug-likeness (QED) is 0.327. The van der Waals surface area contributed by atoms with Gasteiger partial charge in [-0.25, -0.2) is 9.78 Å². The number of rotatable bonds is 1. The first-order chi connectivity index (χ1) is 17.0. The second kappa shape index (κ2) is 9.95. The van der Waals surface area contributed by atoms with Gasteiger partial charge in [0.05, 0.1) is 17.7 Å². The molecule has 8 nitrogen and oxygen atoms in total. The highest BCUT2D eigenvalue weighted by Crippen LogP contribution is 2.33. The van der Waals surface area contributed by atoms with Crippen LogP contribution in [0.25, 0.3) is 11.5 Å². The maximum absolute atomic E-state index is 13.5. The molecule has 0 radical (unpaired) electrons. The number of aromatic nitrogens is 4. The molecule has 2 N–H and O–H groups in total. The minimum atomic E-state index is -4.77. The molecule has 1 aromatic carbocycles. The van der Waals surface area contributed by atoms with Crippen molar-refractivity contribution in [1.82, 2.24) is 19.9 Å². The topological polar surface area (TPSA) is 102 Å². The fourth-order valence-corrected chi connectivity index (χ4v) is 3.31. The highest BCUT2D eigenvalue weighted by Gasteiger charge is 2.33. The zero-order valence-corrected chi connectivity index (χ0v) is 18.4. The Morgan fingerprint density at radius 3 is 2.36 bits per heavy atom. The molecule has 0 aliphatic carbocycles. The molecule has 0 amide bonds. The Balaban J connectivity index is 1.80. The number of anilines is 3. The maximum Gasteiger partial charge on any atom is 0.433 e. The van der Waals surface area contributed by atoms with E-state index >= 15 is 0 Å². The first-order valence-electron chi connectivity index (χ1n) is 10.7. The van der Waals surface area contributed by atoms with Crippen LogP contribution in [-0.2, 0) is 17.1 Å². The number of hydrogen-bond donors (Lipinski definition) is 2. The Bertz CT molecular complexity index is 1260. The highest BCUT2D eigenvalue weighted by molar-refractivity contribution is 5.91. The van der Waals surface area contributed by atoms with Crippen molar-refractivity contribution < 1.29 is 35.9 Å². The van der Waals surface area contributed by atoms with Crippen molar-refractivity contribution in [2.24, 2.45) is 0 Å². The summed E-state index contributed by atoms with van der Waals surface area (Å²) >= 11 is 0. The van der Waals surface area contributed by atoms with Gasteiger partial charge in [0.25, 0.3) is 0 Å². The summed E-state index contributed by atoms with van der Waals surface area (Å²) in [6, 6.07) is 5.73. The van der Waals surface area contributed by atoms with Gasteiger partial charge in [0.2, 0.25) is 11.9 Å². The first kappa shape index (κ1) is 25.1. The number of carbonyl (C=O) groups is 1. The van der Waals surface area contributed by atoms with Crippen molar-refractivity contribution in [3.05, 3.63) is 53.2 Å². The number of esters is 1. The molecule has 0 saturated heterocycles. The van der Waals surface area contributed by atoms with E-state index in [2.05, 4.69) is 30.6 Å². The molecule has 190 valence electrons. The molecule has 1 aliphatic rings. The molecule has 3 aromatic rings. The molecule has 4 rings (SSSR count). The summed E-state index contributed by atoms with van der Waals surface area (Å²) in [4.78, 5) is 28.2. The Morgan fingerprint density at radius 1 is 0.833 bits per heavy atom. The molecule has 0 spiro atoms. The van der Waals surface area contributed by atoms with E-state index in [0.29, 0.717) is 31.9 Å². The van der Waals surface area contributed by atoms with Crippen LogP contribution in [0, 0.1) is 0 Å². The molecule has 36 heavy (non-hydrogen) atoms. The average molecular weight is 512 g/mol. The van der Waals surface area contributed by atoms with E-state index in [9.17, 15) is 31.1 Å². The molecule has 14 heteroatoms. The molecule has 0 atom stereocenters. The summed E-state index contributed by atoms with van der Waals surface area (Å²) in [5.41, 5.74) is -3.02. The van der Waals surface area contributed by atoms with Crippen molar-refractivity contribution in [3.63, 3.8) is 0 Å². The fraction of sp³-hybridized carbons (Fsp3) is 0.318. The second-order valence-electron chi connectivity index (χ2n) is 7.76. The first-order valence-corrected chi connectivity index (χ1v) is 10.7. The number of alkyl halides is 6. The Kier molecular flexibility index (Phi) is 6.95. The number of carbonyl (C=O) groups excluding carboxylic acids is 1. The van der Waals surface area contributed by atoms with Crippen molar-refractivity contribution in [3.8, 4) is 11.5 Å². The Hall–Kier alpha value is -3.97. The summed E-state index contributed by atoms with van der Waals surface area (Å²) in [5, 5.41) is 5.50. The zero-order valence-electron chi connectivity index (χ0n) is 18.4. The zero-order chi connectivity index (χ0) is 25.9. The van der Waals surface area contributed by atoms with Gasteiger partial charge in [-0.3, -0.25) is 0 Å². The van der Waals surface area contributed by atoms with Crippen LogP contribution >= 0.6 is 0 Å². The third kappa shape index (κ3) is 6.17. The van der Waals surface area contributed by atoms with Crippen LogP contribution in [0.4, 0.5) is 43.9 Å². The van der Waals surface area contributed by atoms with Crippen molar-refractivity contribution >= 4 is 23.6 Å². The molecule has 0 saturated carbocycles. The van der Waals surface area contributed by atoms with Crippen molar-refractivity contribution in [2.75, 3.05) is 23.8 Å². The normalized spacial score (nSPS) is 15.1. The summed E-state index contributed by atoms with van der Waals surface area (Å²) in [6.45, 7) is 0.397. The van der Waals surface area contributed by atoms with E-state index in [0.717, 1.165) is 24.3 Å². The van der Waals surface area contributed by atoms with Gasteiger partial charge < -0.3 is 15.4 Å². The molecule has 0 unspecified atom stereocenters. The van der Waals surface area contributed by atoms with E-state index in [-0.39, 0.29) is 41.3 Å². The average Bonchev–Trinajstić information content (AvgIpc) is 2.81. The molecular weight excluding hydrogens is 494 g/mol. The number of cyclic esters (lactones) is 1. The van der Waals surface area contributed by atoms with E-state index in [4.69, 9.17) is 4.74 Å². The molecule has 0 fully saturated rings. The molecule has 1 aliphatic heterocycles. The van der Waals surface area contributed by atoms with Crippen LogP contribution in [0.2, 0.25) is 0 Å². The third-order valence-electron chi connectivity index (χ3n) is 4.99. The van der Waals surface area contributed by atoms with Crippen LogP contribution < -0.4 is 10.6 Å². The van der Waals surface area contributed by atoms with Crippen LogP contribution in [0.15, 0.2) is 36.4 Å². The standard InChI is InChI=1S/C22H18F6N6O2/c23-21(24,25)13-9-12-10-14(11-13)30-20-33-17(15-5-4-6-16(31-15)22(26,27)28)32-19(34-20)29-7-2-1-3-8-36-18(12)35/h4-6,9-11H,1-3,7-8H2,(H2,29,30,32,33,34). The van der Waals surface area contributed by atoms with Gasteiger partial charge in [0.1, 0.15) is 11.4 Å². The Morgan fingerprint density at radius 2 is 1.61 bits per heavy atom. The Labute approximate surface area is 200 Å². The van der Waals surface area contributed by atoms with Crippen molar-refractivity contribution in [2.45, 2.75) is 31.6 Å². The van der Waals surface area contributed by atoms with Gasteiger partial charge >= 0.3 is 18.3 Å². The van der Waals surface area contributed by atoms with Crippen LogP contribution in [-0.4, -0.2) is 39.1 Å². The van der Waals surface area contributed by atoms with Crippen LogP contribution in [0.5, 0.6) is 0 Å². The molecule has 3 heterocycles. The van der Waals surface area contributed by atoms with Gasteiger partial charge in [0.15, 0.2) is 5.82 Å². The molecule has 2 aromatic heterocycles. The minimum absolute atomic E-state index is 0.0175. The molecular formula is C22H18F6N6O2. The SMILES string of the molecule is O=C1OCCCCCNc2nc(nc(-c3cccc(C(F)(F)F)n3)n2)Nc2cc1cc(C(F)(F)F)c2. The smallest absolute Gasteiger partial charge is 0.433 e. The van der Waals surface area contributed by atoms with E-state index in [1.54, 1.807) is 0 Å². The minimum Gasteiger partial charge on any atom is -0.462 e. The number of hydrogen-bond acceptors (Lipinski definition) is 8. The summed E-state index contributed by atoms with van der Waals surface area (Å²) < 4.78 is 84.9. The lowest BCUT2D eigenvalue weighted by Crippen LogP contribution is -2.12. The monoisotopic (exact) mass is 512 g/mol. The van der Waals surface area contributed by atoms with Gasteiger partial charge in [0, 0.05) is 12.2 Å². The number of pyridine rings is 1. The molecule has 4 bridgehead atoms. The second-order valence-corrected chi connectivity index (χ2v) is 7.76. The van der Waals surface area contributed by atoms with Gasteiger partial charge in [-0.15, -0.1) is 0 Å². The van der Waals surface area contributed by atoms with E-state index < -0.39 is 29.6 Å². The summed E-state index contributed by atoms with van der Waals surface area (Å²) in [5.74, 6) is -1.45. The predicted octanol–water partition coefficient (Wildman–Crippen LogP) is 5.47. The summed E-state index contributed by atoms with van der Waals surface area (Å²) in [7, 11) is 0. The number of nitrogens with zero attached hydrogens (tertiary/aromatic N) is 4. The third-order valence-corrected chi connectivity index (χ3v) is 4.99.